The normalized spacial score (nSPS) is 10.2. The molecule has 0 radical (unpaired) electrons. The topological polar surface area (TPSA) is 52.6 Å². The predicted molar refractivity (Wildman–Crippen MR) is 67.2 cm³/mol. The molecule has 4 nitrogen and oxygen atoms in total. The van der Waals surface area contributed by atoms with E-state index in [2.05, 4.69) is 0 Å². The van der Waals surface area contributed by atoms with Gasteiger partial charge in [0.15, 0.2) is 0 Å². The minimum Gasteiger partial charge on any atom is -0.465 e. The van der Waals surface area contributed by atoms with Crippen molar-refractivity contribution < 1.29 is 19.1 Å². The van der Waals surface area contributed by atoms with Crippen molar-refractivity contribution in [2.24, 2.45) is 0 Å². The first-order chi connectivity index (χ1) is 8.49. The van der Waals surface area contributed by atoms with Crippen LogP contribution in [0.3, 0.4) is 0 Å². The predicted octanol–water partition coefficient (Wildman–Crippen LogP) is 2.20. The second kappa shape index (κ2) is 6.79. The lowest BCUT2D eigenvalue weighted by Gasteiger charge is -2.17. The summed E-state index contributed by atoms with van der Waals surface area (Å²) in [4.78, 5) is 21.7. The molecule has 0 saturated heterocycles. The second-order valence-corrected chi connectivity index (χ2v) is 4.21. The quantitative estimate of drug-likeness (QED) is 0.752. The number of aryl methyl sites for hydroxylation is 1. The molecule has 1 aromatic carbocycles. The van der Waals surface area contributed by atoms with Gasteiger partial charge in [0.25, 0.3) is 0 Å². The standard InChI is InChI=1S/C14H18O4/c1-10-4-6-13(7-5-10)14(8-17-11(2)15)9-18-12(3)16/h4-7,14H,8-9H2,1-3H3. The summed E-state index contributed by atoms with van der Waals surface area (Å²) in [5.74, 6) is -0.803. The van der Waals surface area contributed by atoms with Gasteiger partial charge in [0.05, 0.1) is 5.92 Å². The van der Waals surface area contributed by atoms with Gasteiger partial charge in [-0.3, -0.25) is 9.59 Å². The number of ether oxygens (including phenoxy) is 2. The highest BCUT2D eigenvalue weighted by Gasteiger charge is 2.15. The van der Waals surface area contributed by atoms with Gasteiger partial charge < -0.3 is 9.47 Å². The lowest BCUT2D eigenvalue weighted by atomic mass is 10.00. The lowest BCUT2D eigenvalue weighted by Crippen LogP contribution is -2.17. The van der Waals surface area contributed by atoms with Crippen LogP contribution in [0, 0.1) is 6.92 Å². The fraction of sp³-hybridized carbons (Fsp3) is 0.429. The van der Waals surface area contributed by atoms with E-state index in [0.717, 1.165) is 11.1 Å². The van der Waals surface area contributed by atoms with E-state index in [1.807, 2.05) is 31.2 Å². The Kier molecular flexibility index (Phi) is 5.36. The fourth-order valence-corrected chi connectivity index (χ4v) is 1.52. The minimum absolute atomic E-state index is 0.126. The molecule has 0 spiro atoms. The summed E-state index contributed by atoms with van der Waals surface area (Å²) < 4.78 is 9.98. The first kappa shape index (κ1) is 14.2. The van der Waals surface area contributed by atoms with Crippen molar-refractivity contribution in [1.29, 1.82) is 0 Å². The summed E-state index contributed by atoms with van der Waals surface area (Å²) in [6, 6.07) is 7.85. The van der Waals surface area contributed by atoms with Crippen LogP contribution in [0.1, 0.15) is 30.9 Å². The van der Waals surface area contributed by atoms with Gasteiger partial charge in [-0.25, -0.2) is 0 Å². The SMILES string of the molecule is CC(=O)OCC(COC(C)=O)c1ccc(C)cc1. The van der Waals surface area contributed by atoms with E-state index in [4.69, 9.17) is 9.47 Å². The van der Waals surface area contributed by atoms with Crippen molar-refractivity contribution in [3.8, 4) is 0 Å². The second-order valence-electron chi connectivity index (χ2n) is 4.21. The average molecular weight is 250 g/mol. The third-order valence-corrected chi connectivity index (χ3v) is 2.52. The van der Waals surface area contributed by atoms with Crippen molar-refractivity contribution in [3.05, 3.63) is 35.4 Å². The number of rotatable bonds is 5. The highest BCUT2D eigenvalue weighted by molar-refractivity contribution is 5.66. The van der Waals surface area contributed by atoms with Crippen LogP contribution in [-0.2, 0) is 19.1 Å². The molecular weight excluding hydrogens is 232 g/mol. The summed E-state index contributed by atoms with van der Waals surface area (Å²) in [5, 5.41) is 0. The Morgan fingerprint density at radius 3 is 1.83 bits per heavy atom. The third kappa shape index (κ3) is 4.99. The molecule has 0 aromatic heterocycles. The molecule has 0 fully saturated rings. The Hall–Kier alpha value is -1.84. The van der Waals surface area contributed by atoms with Gasteiger partial charge in [0, 0.05) is 13.8 Å². The Morgan fingerprint density at radius 2 is 1.44 bits per heavy atom. The number of carbonyl (C=O) groups is 2. The van der Waals surface area contributed by atoms with E-state index < -0.39 is 0 Å². The maximum Gasteiger partial charge on any atom is 0.302 e. The highest BCUT2D eigenvalue weighted by Crippen LogP contribution is 2.17. The van der Waals surface area contributed by atoms with Crippen LogP contribution in [0.5, 0.6) is 0 Å². The molecule has 98 valence electrons. The summed E-state index contributed by atoms with van der Waals surface area (Å²) in [5.41, 5.74) is 2.14. The molecule has 4 heteroatoms. The van der Waals surface area contributed by atoms with Gasteiger partial charge in [-0.2, -0.15) is 0 Å². The number of hydrogen-bond donors (Lipinski definition) is 0. The highest BCUT2D eigenvalue weighted by atomic mass is 16.5. The largest absolute Gasteiger partial charge is 0.465 e. The molecule has 0 bridgehead atoms. The molecule has 0 N–H and O–H groups in total. The minimum atomic E-state index is -0.338. The van der Waals surface area contributed by atoms with Crippen molar-refractivity contribution in [1.82, 2.24) is 0 Å². The number of hydrogen-bond acceptors (Lipinski definition) is 4. The van der Waals surface area contributed by atoms with Gasteiger partial charge in [-0.15, -0.1) is 0 Å². The first-order valence-electron chi connectivity index (χ1n) is 5.82. The Bertz CT molecular complexity index is 390. The van der Waals surface area contributed by atoms with Gasteiger partial charge in [-0.05, 0) is 12.5 Å². The molecule has 0 atom stereocenters. The molecular formula is C14H18O4. The summed E-state index contributed by atoms with van der Waals surface area (Å²) >= 11 is 0. The number of carbonyl (C=O) groups excluding carboxylic acids is 2. The van der Waals surface area contributed by atoms with Gasteiger partial charge in [0.1, 0.15) is 13.2 Å². The van der Waals surface area contributed by atoms with Crippen LogP contribution in [0.2, 0.25) is 0 Å². The number of esters is 2. The Balaban J connectivity index is 2.71. The third-order valence-electron chi connectivity index (χ3n) is 2.52. The average Bonchev–Trinajstić information content (AvgIpc) is 2.30. The zero-order valence-corrected chi connectivity index (χ0v) is 10.9. The van der Waals surface area contributed by atoms with E-state index in [1.54, 1.807) is 0 Å². The number of benzene rings is 1. The van der Waals surface area contributed by atoms with Gasteiger partial charge in [0.2, 0.25) is 0 Å². The van der Waals surface area contributed by atoms with Crippen LogP contribution in [0.25, 0.3) is 0 Å². The maximum atomic E-state index is 10.8. The van der Waals surface area contributed by atoms with Crippen molar-refractivity contribution in [3.63, 3.8) is 0 Å². The Morgan fingerprint density at radius 1 is 1.00 bits per heavy atom. The molecule has 1 rings (SSSR count). The monoisotopic (exact) mass is 250 g/mol. The van der Waals surface area contributed by atoms with Crippen LogP contribution in [-0.4, -0.2) is 25.2 Å². The molecule has 0 amide bonds. The van der Waals surface area contributed by atoms with Crippen LogP contribution in [0.4, 0.5) is 0 Å². The van der Waals surface area contributed by atoms with E-state index in [1.165, 1.54) is 13.8 Å². The zero-order valence-electron chi connectivity index (χ0n) is 10.9. The van der Waals surface area contributed by atoms with Gasteiger partial charge >= 0.3 is 11.9 Å². The van der Waals surface area contributed by atoms with E-state index >= 15 is 0 Å². The zero-order chi connectivity index (χ0) is 13.5. The molecule has 0 aliphatic rings. The van der Waals surface area contributed by atoms with Crippen LogP contribution < -0.4 is 0 Å². The molecule has 18 heavy (non-hydrogen) atoms. The van der Waals surface area contributed by atoms with Crippen molar-refractivity contribution in [2.45, 2.75) is 26.7 Å². The Labute approximate surface area is 107 Å². The molecule has 1 aromatic rings. The lowest BCUT2D eigenvalue weighted by molar-refractivity contribution is -0.144. The smallest absolute Gasteiger partial charge is 0.302 e. The molecule has 0 unspecified atom stereocenters. The summed E-state index contributed by atoms with van der Waals surface area (Å²) in [7, 11) is 0. The van der Waals surface area contributed by atoms with E-state index in [-0.39, 0.29) is 31.1 Å². The molecule has 0 heterocycles. The van der Waals surface area contributed by atoms with Crippen molar-refractivity contribution >= 4 is 11.9 Å². The van der Waals surface area contributed by atoms with Gasteiger partial charge in [-0.1, -0.05) is 29.8 Å². The first-order valence-corrected chi connectivity index (χ1v) is 5.82. The fourth-order valence-electron chi connectivity index (χ4n) is 1.52. The summed E-state index contributed by atoms with van der Waals surface area (Å²) in [6.45, 7) is 5.14. The van der Waals surface area contributed by atoms with E-state index in [0.29, 0.717) is 0 Å². The summed E-state index contributed by atoms with van der Waals surface area (Å²) in [6.07, 6.45) is 0. The van der Waals surface area contributed by atoms with E-state index in [9.17, 15) is 9.59 Å². The van der Waals surface area contributed by atoms with Crippen LogP contribution >= 0.6 is 0 Å². The van der Waals surface area contributed by atoms with Crippen molar-refractivity contribution in [2.75, 3.05) is 13.2 Å². The van der Waals surface area contributed by atoms with Crippen LogP contribution in [0.15, 0.2) is 24.3 Å². The molecule has 0 aliphatic carbocycles. The molecule has 0 saturated carbocycles. The molecule has 0 aliphatic heterocycles. The maximum absolute atomic E-state index is 10.8.